The number of aryl methyl sites for hydroxylation is 1. The Morgan fingerprint density at radius 2 is 1.39 bits per heavy atom. The zero-order valence-corrected chi connectivity index (χ0v) is 18.2. The number of piperazine rings is 1. The van der Waals surface area contributed by atoms with Crippen LogP contribution >= 0.6 is 0 Å². The maximum atomic E-state index is 9.10. The Labute approximate surface area is 182 Å². The largest absolute Gasteiger partial charge is 0.497 e. The van der Waals surface area contributed by atoms with Gasteiger partial charge in [0.2, 0.25) is 0 Å². The molecule has 1 saturated heterocycles. The lowest BCUT2D eigenvalue weighted by atomic mass is 10.1. The summed E-state index contributed by atoms with van der Waals surface area (Å²) >= 11 is 0. The lowest BCUT2D eigenvalue weighted by Gasteiger charge is -2.35. The van der Waals surface area contributed by atoms with Crippen molar-refractivity contribution in [1.82, 2.24) is 9.80 Å². The van der Waals surface area contributed by atoms with E-state index in [9.17, 15) is 0 Å². The smallest absolute Gasteiger partial charge is 0.414 e. The van der Waals surface area contributed by atoms with Crippen molar-refractivity contribution in [2.45, 2.75) is 20.0 Å². The van der Waals surface area contributed by atoms with E-state index in [-0.39, 0.29) is 0 Å². The summed E-state index contributed by atoms with van der Waals surface area (Å²) < 4.78 is 10.9. The van der Waals surface area contributed by atoms with Crippen molar-refractivity contribution in [3.8, 4) is 11.5 Å². The topological polar surface area (TPSA) is 99.5 Å². The number of benzene rings is 2. The maximum Gasteiger partial charge on any atom is 0.414 e. The van der Waals surface area contributed by atoms with Crippen molar-refractivity contribution in [2.75, 3.05) is 40.4 Å². The monoisotopic (exact) mass is 430 g/mol. The van der Waals surface area contributed by atoms with Crippen molar-refractivity contribution < 1.29 is 29.3 Å². The van der Waals surface area contributed by atoms with Crippen LogP contribution in [-0.4, -0.2) is 72.4 Å². The fourth-order valence-corrected chi connectivity index (χ4v) is 3.38. The minimum Gasteiger partial charge on any atom is -0.497 e. The molecular weight excluding hydrogens is 400 g/mol. The summed E-state index contributed by atoms with van der Waals surface area (Å²) in [5, 5.41) is 14.8. The van der Waals surface area contributed by atoms with Crippen molar-refractivity contribution in [3.63, 3.8) is 0 Å². The average Bonchev–Trinajstić information content (AvgIpc) is 2.77. The first-order valence-corrected chi connectivity index (χ1v) is 10.0. The Morgan fingerprint density at radius 1 is 0.839 bits per heavy atom. The summed E-state index contributed by atoms with van der Waals surface area (Å²) in [4.78, 5) is 23.2. The van der Waals surface area contributed by atoms with Crippen molar-refractivity contribution in [1.29, 1.82) is 0 Å². The van der Waals surface area contributed by atoms with Gasteiger partial charge >= 0.3 is 11.9 Å². The number of methoxy groups -OCH3 is 2. The van der Waals surface area contributed by atoms with Gasteiger partial charge in [0.05, 0.1) is 14.2 Å². The molecule has 2 aromatic carbocycles. The van der Waals surface area contributed by atoms with E-state index < -0.39 is 11.9 Å². The molecule has 3 rings (SSSR count). The molecule has 0 atom stereocenters. The molecule has 0 radical (unpaired) electrons. The Hall–Kier alpha value is -3.10. The molecule has 2 aromatic rings. The van der Waals surface area contributed by atoms with Crippen molar-refractivity contribution in [3.05, 3.63) is 59.2 Å². The van der Waals surface area contributed by atoms with Gasteiger partial charge in [0, 0.05) is 44.8 Å². The van der Waals surface area contributed by atoms with E-state index in [0.717, 1.165) is 50.8 Å². The summed E-state index contributed by atoms with van der Waals surface area (Å²) in [5.41, 5.74) is 4.01. The summed E-state index contributed by atoms with van der Waals surface area (Å²) in [6.07, 6.45) is 0. The molecule has 168 valence electrons. The van der Waals surface area contributed by atoms with Crippen molar-refractivity contribution >= 4 is 11.9 Å². The van der Waals surface area contributed by atoms with Gasteiger partial charge in [-0.2, -0.15) is 0 Å². The second-order valence-corrected chi connectivity index (χ2v) is 7.27. The second kappa shape index (κ2) is 11.9. The van der Waals surface area contributed by atoms with Gasteiger partial charge in [-0.3, -0.25) is 9.80 Å². The van der Waals surface area contributed by atoms with Crippen LogP contribution in [0.15, 0.2) is 42.5 Å². The van der Waals surface area contributed by atoms with E-state index in [4.69, 9.17) is 29.3 Å². The van der Waals surface area contributed by atoms with E-state index in [1.165, 1.54) is 16.7 Å². The zero-order chi connectivity index (χ0) is 22.8. The van der Waals surface area contributed by atoms with Crippen LogP contribution < -0.4 is 9.47 Å². The van der Waals surface area contributed by atoms with E-state index in [1.807, 2.05) is 12.1 Å². The summed E-state index contributed by atoms with van der Waals surface area (Å²) in [6.45, 7) is 8.49. The van der Waals surface area contributed by atoms with Gasteiger partial charge in [0.25, 0.3) is 0 Å². The SMILES string of the molecule is COc1ccc(OC)c(CN2CCN(Cc3ccccc3C)CC2)c1.O=C(O)C(=O)O. The predicted octanol–water partition coefficient (Wildman–Crippen LogP) is 2.49. The van der Waals surface area contributed by atoms with Crippen LogP contribution in [0, 0.1) is 6.92 Å². The summed E-state index contributed by atoms with van der Waals surface area (Å²) in [6, 6.07) is 14.7. The zero-order valence-electron chi connectivity index (χ0n) is 18.2. The number of aliphatic carboxylic acids is 2. The standard InChI is InChI=1S/C21H28N2O2.C2H2O4/c1-17-6-4-5-7-18(17)15-22-10-12-23(13-11-22)16-19-14-20(24-2)8-9-21(19)25-3;3-1(4)2(5)6/h4-9,14H,10-13,15-16H2,1-3H3;(H,3,4)(H,5,6). The van der Waals surface area contributed by atoms with Crippen LogP contribution in [0.4, 0.5) is 0 Å². The molecule has 1 aliphatic rings. The molecule has 1 fully saturated rings. The highest BCUT2D eigenvalue weighted by Crippen LogP contribution is 2.25. The van der Waals surface area contributed by atoms with Crippen LogP contribution in [0.3, 0.4) is 0 Å². The normalized spacial score (nSPS) is 14.3. The third-order valence-corrected chi connectivity index (χ3v) is 5.18. The molecule has 0 bridgehead atoms. The van der Waals surface area contributed by atoms with Crippen LogP contribution in [-0.2, 0) is 22.7 Å². The fourth-order valence-electron chi connectivity index (χ4n) is 3.38. The Balaban J connectivity index is 0.000000501. The number of carboxylic acid groups (broad SMARTS) is 2. The second-order valence-electron chi connectivity index (χ2n) is 7.27. The number of carboxylic acids is 2. The predicted molar refractivity (Wildman–Crippen MR) is 117 cm³/mol. The Kier molecular flexibility index (Phi) is 9.30. The number of rotatable bonds is 6. The molecule has 0 aromatic heterocycles. The highest BCUT2D eigenvalue weighted by atomic mass is 16.5. The van der Waals surface area contributed by atoms with Gasteiger partial charge in [-0.05, 0) is 36.2 Å². The first-order chi connectivity index (χ1) is 14.8. The Morgan fingerprint density at radius 3 is 1.87 bits per heavy atom. The van der Waals surface area contributed by atoms with Crippen LogP contribution in [0.25, 0.3) is 0 Å². The molecule has 0 saturated carbocycles. The molecule has 1 heterocycles. The molecule has 0 amide bonds. The molecule has 8 heteroatoms. The van der Waals surface area contributed by atoms with Crippen LogP contribution in [0.1, 0.15) is 16.7 Å². The molecule has 2 N–H and O–H groups in total. The number of hydrogen-bond donors (Lipinski definition) is 2. The van der Waals surface area contributed by atoms with E-state index >= 15 is 0 Å². The van der Waals surface area contributed by atoms with E-state index in [0.29, 0.717) is 0 Å². The van der Waals surface area contributed by atoms with Crippen LogP contribution in [0.2, 0.25) is 0 Å². The highest BCUT2D eigenvalue weighted by molar-refractivity contribution is 6.27. The van der Waals surface area contributed by atoms with Gasteiger partial charge in [0.1, 0.15) is 11.5 Å². The first kappa shape index (κ1) is 24.2. The number of nitrogens with zero attached hydrogens (tertiary/aromatic N) is 2. The summed E-state index contributed by atoms with van der Waals surface area (Å²) in [5.74, 6) is -1.83. The molecule has 1 aliphatic heterocycles. The van der Waals surface area contributed by atoms with Crippen molar-refractivity contribution in [2.24, 2.45) is 0 Å². The van der Waals surface area contributed by atoms with E-state index in [2.05, 4.69) is 47.1 Å². The number of carbonyl (C=O) groups is 2. The molecule has 0 unspecified atom stereocenters. The Bertz CT molecular complexity index is 866. The molecular formula is C23H30N2O6. The fraction of sp³-hybridized carbons (Fsp3) is 0.391. The molecule has 31 heavy (non-hydrogen) atoms. The minimum absolute atomic E-state index is 0.883. The average molecular weight is 431 g/mol. The van der Waals surface area contributed by atoms with E-state index in [1.54, 1.807) is 14.2 Å². The summed E-state index contributed by atoms with van der Waals surface area (Å²) in [7, 11) is 3.43. The van der Waals surface area contributed by atoms with Crippen LogP contribution in [0.5, 0.6) is 11.5 Å². The first-order valence-electron chi connectivity index (χ1n) is 10.0. The number of hydrogen-bond acceptors (Lipinski definition) is 6. The van der Waals surface area contributed by atoms with Gasteiger partial charge < -0.3 is 19.7 Å². The van der Waals surface area contributed by atoms with Gasteiger partial charge in [-0.15, -0.1) is 0 Å². The quantitative estimate of drug-likeness (QED) is 0.675. The van der Waals surface area contributed by atoms with Gasteiger partial charge in [-0.1, -0.05) is 24.3 Å². The highest BCUT2D eigenvalue weighted by Gasteiger charge is 2.19. The minimum atomic E-state index is -1.82. The molecule has 0 aliphatic carbocycles. The number of ether oxygens (including phenoxy) is 2. The maximum absolute atomic E-state index is 9.10. The molecule has 8 nitrogen and oxygen atoms in total. The lowest BCUT2D eigenvalue weighted by molar-refractivity contribution is -0.159. The van der Waals surface area contributed by atoms with Gasteiger partial charge in [0.15, 0.2) is 0 Å². The third kappa shape index (κ3) is 7.58. The van der Waals surface area contributed by atoms with Gasteiger partial charge in [-0.25, -0.2) is 9.59 Å². The lowest BCUT2D eigenvalue weighted by Crippen LogP contribution is -2.45. The molecule has 0 spiro atoms. The third-order valence-electron chi connectivity index (χ3n) is 5.18.